The molecule has 13 heavy (non-hydrogen) atoms. The van der Waals surface area contributed by atoms with Gasteiger partial charge in [-0.15, -0.1) is 0 Å². The Morgan fingerprint density at radius 3 is 1.00 bits per heavy atom. The van der Waals surface area contributed by atoms with Gasteiger partial charge in [-0.3, -0.25) is 0 Å². The first-order chi connectivity index (χ1) is 3.71. The summed E-state index contributed by atoms with van der Waals surface area (Å²) >= 11 is 0. The topological polar surface area (TPSA) is 124 Å². The molecule has 0 aromatic carbocycles. The molecule has 13 heteroatoms. The van der Waals surface area contributed by atoms with E-state index in [1.807, 2.05) is 0 Å². The second-order valence-electron chi connectivity index (χ2n) is 1.06. The Morgan fingerprint density at radius 2 is 1.00 bits per heavy atom. The van der Waals surface area contributed by atoms with Crippen LogP contribution in [0.3, 0.4) is 0 Å². The second kappa shape index (κ2) is 14.6. The molecule has 0 spiro atoms. The fourth-order valence-electron chi connectivity index (χ4n) is 0.139. The Labute approximate surface area is 231 Å². The molecular weight excluding hydrogens is 314 g/mol. The Balaban J connectivity index is -0.0000000114. The molecule has 0 fully saturated rings. The van der Waals surface area contributed by atoms with Crippen molar-refractivity contribution in [2.24, 2.45) is 0 Å². The fourth-order valence-corrected chi connectivity index (χ4v) is 1.25. The minimum Gasteiger partial charge on any atom is -1.00 e. The van der Waals surface area contributed by atoms with Crippen molar-refractivity contribution in [1.29, 1.82) is 0 Å². The van der Waals surface area contributed by atoms with E-state index < -0.39 is 15.6 Å². The van der Waals surface area contributed by atoms with E-state index in [1.54, 1.807) is 0 Å². The monoisotopic (exact) mass is 322 g/mol. The summed E-state index contributed by atoms with van der Waals surface area (Å²) in [6.45, 7) is 0. The Bertz CT molecular complexity index is 176. The first-order valence-electron chi connectivity index (χ1n) is 1.53. The molecule has 0 amide bonds. The molecule has 0 aromatic rings. The van der Waals surface area contributed by atoms with Crippen molar-refractivity contribution in [2.75, 3.05) is 0 Å². The molecule has 0 bridgehead atoms. The Kier molecular flexibility index (Phi) is 35.3. The fraction of sp³-hybridized carbons (Fsp3) is 0. The normalized spacial score (nSPS) is 9.54. The van der Waals surface area contributed by atoms with Gasteiger partial charge in [-0.1, -0.05) is 0 Å². The van der Waals surface area contributed by atoms with Crippen LogP contribution in [0.2, 0.25) is 0 Å². The van der Waals surface area contributed by atoms with Crippen molar-refractivity contribution in [3.05, 3.63) is 0 Å². The van der Waals surface area contributed by atoms with Gasteiger partial charge in [0, 0.05) is 0 Å². The van der Waals surface area contributed by atoms with Crippen LogP contribution in [0.25, 0.3) is 0 Å². The van der Waals surface area contributed by atoms with Crippen molar-refractivity contribution in [1.82, 2.24) is 0 Å². The molecule has 0 saturated heterocycles. The van der Waals surface area contributed by atoms with Crippen LogP contribution in [0, 0.1) is 0 Å². The molecule has 0 saturated carbocycles. The first kappa shape index (κ1) is 31.5. The van der Waals surface area contributed by atoms with Crippen LogP contribution in [0.4, 0.5) is 0 Å². The average molecular weight is 322 g/mol. The third kappa shape index (κ3) is 32.1. The van der Waals surface area contributed by atoms with E-state index in [0.29, 0.717) is 0 Å². The number of phosphoric acid groups is 2. The van der Waals surface area contributed by atoms with E-state index >= 15 is 0 Å². The summed E-state index contributed by atoms with van der Waals surface area (Å²) in [5, 5.41) is 0. The van der Waals surface area contributed by atoms with Gasteiger partial charge in [0.25, 0.3) is 0 Å². The zero-order valence-electron chi connectivity index (χ0n) is 11.9. The molecule has 0 aliphatic carbocycles. The van der Waals surface area contributed by atoms with E-state index in [4.69, 9.17) is 19.6 Å². The molecule has 0 aliphatic heterocycles. The van der Waals surface area contributed by atoms with Crippen LogP contribution in [0.1, 0.15) is 5.71 Å². The molecule has 4 N–H and O–H groups in total. The van der Waals surface area contributed by atoms with Gasteiger partial charge in [0.05, 0.1) is 0 Å². The summed E-state index contributed by atoms with van der Waals surface area (Å²) in [7, 11) is -10.1. The summed E-state index contributed by atoms with van der Waals surface area (Å²) in [6.07, 6.45) is 0. The minimum absolute atomic E-state index is 0. The first-order valence-corrected chi connectivity index (χ1v) is 4.59. The van der Waals surface area contributed by atoms with E-state index in [9.17, 15) is 9.13 Å². The molecule has 0 atom stereocenters. The molecular formula is H8K3NaO7P2. The van der Waals surface area contributed by atoms with Crippen molar-refractivity contribution in [2.45, 2.75) is 0 Å². The molecule has 0 aromatic heterocycles. The maximum absolute atomic E-state index is 9.63. The molecule has 7 nitrogen and oxygen atoms in total. The van der Waals surface area contributed by atoms with Crippen molar-refractivity contribution in [3.63, 3.8) is 0 Å². The van der Waals surface area contributed by atoms with Crippen LogP contribution in [-0.2, 0) is 13.4 Å². The zero-order chi connectivity index (χ0) is 7.71. The van der Waals surface area contributed by atoms with Crippen LogP contribution in [0.5, 0.6) is 0 Å². The predicted octanol–water partition coefficient (Wildman–Crippen LogP) is -12.3. The van der Waals surface area contributed by atoms with Crippen LogP contribution >= 0.6 is 15.6 Å². The van der Waals surface area contributed by atoms with Gasteiger partial charge in [-0.05, 0) is 0 Å². The van der Waals surface area contributed by atoms with Crippen LogP contribution < -0.4 is 184 Å². The summed E-state index contributed by atoms with van der Waals surface area (Å²) in [5.74, 6) is 0. The third-order valence-corrected chi connectivity index (χ3v) is 1.91. The van der Waals surface area contributed by atoms with Crippen molar-refractivity contribution in [3.8, 4) is 0 Å². The van der Waals surface area contributed by atoms with Gasteiger partial charge in [-0.25, -0.2) is 9.13 Å². The smallest absolute Gasteiger partial charge is 1.00 e. The average Bonchev–Trinajstić information content (AvgIpc) is 1.14. The maximum Gasteiger partial charge on any atom is 1.00 e. The molecule has 0 rings (SSSR count). The maximum atomic E-state index is 9.63. The number of rotatable bonds is 2. The summed E-state index contributed by atoms with van der Waals surface area (Å²) in [6, 6.07) is 0. The molecule has 0 aliphatic rings. The van der Waals surface area contributed by atoms with Crippen molar-refractivity contribution < 1.29 is 222 Å². The van der Waals surface area contributed by atoms with E-state index in [-0.39, 0.29) is 189 Å². The van der Waals surface area contributed by atoms with Gasteiger partial charge in [0.15, 0.2) is 0 Å². The zero-order valence-corrected chi connectivity index (χ0v) is 21.1. The van der Waals surface area contributed by atoms with Gasteiger partial charge in [0.2, 0.25) is 0 Å². The van der Waals surface area contributed by atoms with Crippen molar-refractivity contribution >= 4 is 15.6 Å². The Morgan fingerprint density at radius 1 is 0.846 bits per heavy atom. The summed E-state index contributed by atoms with van der Waals surface area (Å²) in [4.78, 5) is 31.0. The summed E-state index contributed by atoms with van der Waals surface area (Å²) < 4.78 is 22.2. The minimum atomic E-state index is -5.05. The standard InChI is InChI=1S/3K.Na.H4O7P2.4H/c;;;;1-8(2,3)7-9(4,5)6;;;;/h;;;;(H2,1,2,3)(H2,4,5,6);;;;/q4*+1;;4*-1. The van der Waals surface area contributed by atoms with E-state index in [1.165, 1.54) is 0 Å². The summed E-state index contributed by atoms with van der Waals surface area (Å²) in [5.41, 5.74) is 0. The second-order valence-corrected chi connectivity index (χ2v) is 3.68. The third-order valence-electron chi connectivity index (χ3n) is 0.213. The molecule has 0 radical (unpaired) electrons. The molecule has 64 valence electrons. The van der Waals surface area contributed by atoms with Crippen LogP contribution in [0.15, 0.2) is 0 Å². The van der Waals surface area contributed by atoms with Gasteiger partial charge in [0.1, 0.15) is 0 Å². The number of hydrogen-bond donors (Lipinski definition) is 4. The van der Waals surface area contributed by atoms with Gasteiger partial charge < -0.3 is 25.3 Å². The quantitative estimate of drug-likeness (QED) is 0.294. The molecule has 0 heterocycles. The van der Waals surface area contributed by atoms with Crippen LogP contribution in [-0.4, -0.2) is 19.6 Å². The van der Waals surface area contributed by atoms with E-state index in [0.717, 1.165) is 0 Å². The largest absolute Gasteiger partial charge is 1.00 e. The number of hydrogen-bond acceptors (Lipinski definition) is 3. The Hall–Kier alpha value is 6.17. The van der Waals surface area contributed by atoms with Gasteiger partial charge in [-0.2, -0.15) is 4.31 Å². The van der Waals surface area contributed by atoms with E-state index in [2.05, 4.69) is 4.31 Å². The van der Waals surface area contributed by atoms with Gasteiger partial charge >= 0.3 is 199 Å². The SMILES string of the molecule is O=P(O)(O)OP(=O)(O)O.[H-].[H-].[H-].[H-].[K+].[K+].[K+].[Na+]. The molecule has 0 unspecified atom stereocenters. The predicted molar refractivity (Wildman–Crippen MR) is 29.6 cm³/mol.